The zero-order valence-electron chi connectivity index (χ0n) is 12.1. The summed E-state index contributed by atoms with van der Waals surface area (Å²) in [6.07, 6.45) is 1.60. The molecule has 6 heteroatoms. The first-order valence-electron chi connectivity index (χ1n) is 6.86. The lowest BCUT2D eigenvalue weighted by Gasteiger charge is -2.10. The van der Waals surface area contributed by atoms with E-state index < -0.39 is 0 Å². The average molecular weight is 325 g/mol. The largest absolute Gasteiger partial charge is 0.373 e. The zero-order chi connectivity index (χ0) is 15.2. The first kappa shape index (κ1) is 15.9. The van der Waals surface area contributed by atoms with Crippen molar-refractivity contribution >= 4 is 34.8 Å². The Labute approximate surface area is 134 Å². The minimum absolute atomic E-state index is 0.652. The Balaban J connectivity index is 1.99. The van der Waals surface area contributed by atoms with Crippen molar-refractivity contribution in [1.29, 1.82) is 0 Å². The first-order valence-corrected chi connectivity index (χ1v) is 7.61. The third-order valence-electron chi connectivity index (χ3n) is 3.06. The average Bonchev–Trinajstić information content (AvgIpc) is 2.49. The maximum absolute atomic E-state index is 6.16. The van der Waals surface area contributed by atoms with Gasteiger partial charge >= 0.3 is 0 Å². The monoisotopic (exact) mass is 324 g/mol. The molecule has 21 heavy (non-hydrogen) atoms. The van der Waals surface area contributed by atoms with E-state index in [-0.39, 0.29) is 0 Å². The van der Waals surface area contributed by atoms with E-state index in [1.807, 2.05) is 32.2 Å². The fraction of sp³-hybridized carbons (Fsp3) is 0.333. The van der Waals surface area contributed by atoms with Crippen molar-refractivity contribution in [2.75, 3.05) is 24.2 Å². The van der Waals surface area contributed by atoms with Crippen molar-refractivity contribution in [1.82, 2.24) is 9.97 Å². The standard InChI is InChI=1S/C15H18Cl2N4/c1-3-13-20-14(18-2)9-15(21-13)19-7-6-10-4-5-11(16)8-12(10)17/h4-5,8-9H,3,6-7H2,1-2H3,(H2,18,19,20,21). The maximum atomic E-state index is 6.16. The van der Waals surface area contributed by atoms with Crippen molar-refractivity contribution in [2.24, 2.45) is 0 Å². The number of benzene rings is 1. The number of aryl methyl sites for hydroxylation is 1. The molecule has 0 amide bonds. The number of rotatable bonds is 6. The molecule has 0 saturated carbocycles. The Morgan fingerprint density at radius 2 is 1.86 bits per heavy atom. The highest BCUT2D eigenvalue weighted by Crippen LogP contribution is 2.21. The van der Waals surface area contributed by atoms with Crippen LogP contribution in [0.5, 0.6) is 0 Å². The summed E-state index contributed by atoms with van der Waals surface area (Å²) >= 11 is 12.0. The summed E-state index contributed by atoms with van der Waals surface area (Å²) in [5.74, 6) is 2.44. The Morgan fingerprint density at radius 3 is 2.52 bits per heavy atom. The fourth-order valence-corrected chi connectivity index (χ4v) is 2.43. The van der Waals surface area contributed by atoms with Gasteiger partial charge in [0.2, 0.25) is 0 Å². The minimum Gasteiger partial charge on any atom is -0.373 e. The summed E-state index contributed by atoms with van der Waals surface area (Å²) < 4.78 is 0. The van der Waals surface area contributed by atoms with Gasteiger partial charge in [0.25, 0.3) is 0 Å². The highest BCUT2D eigenvalue weighted by atomic mass is 35.5. The summed E-state index contributed by atoms with van der Waals surface area (Å²) in [5.41, 5.74) is 1.06. The molecule has 0 aliphatic rings. The molecular formula is C15H18Cl2N4. The van der Waals surface area contributed by atoms with E-state index >= 15 is 0 Å². The maximum Gasteiger partial charge on any atom is 0.132 e. The normalized spacial score (nSPS) is 10.5. The molecule has 1 heterocycles. The summed E-state index contributed by atoms with van der Waals surface area (Å²) in [6.45, 7) is 2.77. The van der Waals surface area contributed by atoms with Gasteiger partial charge in [-0.25, -0.2) is 9.97 Å². The van der Waals surface area contributed by atoms with Crippen LogP contribution in [-0.2, 0) is 12.8 Å². The first-order chi connectivity index (χ1) is 10.1. The molecule has 0 aliphatic carbocycles. The molecule has 1 aromatic carbocycles. The predicted octanol–water partition coefficient (Wildman–Crippen LogP) is 4.04. The van der Waals surface area contributed by atoms with Gasteiger partial charge in [-0.15, -0.1) is 0 Å². The third-order valence-corrected chi connectivity index (χ3v) is 3.65. The van der Waals surface area contributed by atoms with Gasteiger partial charge in [0.15, 0.2) is 0 Å². The third kappa shape index (κ3) is 4.48. The molecule has 0 aliphatic heterocycles. The molecule has 2 rings (SSSR count). The second-order valence-electron chi connectivity index (χ2n) is 4.57. The summed E-state index contributed by atoms with van der Waals surface area (Å²) in [6, 6.07) is 7.45. The topological polar surface area (TPSA) is 49.8 Å². The molecule has 0 unspecified atom stereocenters. The van der Waals surface area contributed by atoms with E-state index in [0.717, 1.165) is 42.4 Å². The molecule has 0 spiro atoms. The second-order valence-corrected chi connectivity index (χ2v) is 5.41. The van der Waals surface area contributed by atoms with Crippen LogP contribution in [0.3, 0.4) is 0 Å². The number of nitrogens with zero attached hydrogens (tertiary/aromatic N) is 2. The summed E-state index contributed by atoms with van der Waals surface area (Å²) in [5, 5.41) is 7.68. The quantitative estimate of drug-likeness (QED) is 0.841. The second kappa shape index (κ2) is 7.48. The van der Waals surface area contributed by atoms with Crippen LogP contribution in [0.25, 0.3) is 0 Å². The lowest BCUT2D eigenvalue weighted by Crippen LogP contribution is -2.09. The SMILES string of the molecule is CCc1nc(NC)cc(NCCc2ccc(Cl)cc2Cl)n1. The van der Waals surface area contributed by atoms with E-state index in [9.17, 15) is 0 Å². The van der Waals surface area contributed by atoms with E-state index in [2.05, 4.69) is 20.6 Å². The number of hydrogen-bond donors (Lipinski definition) is 2. The summed E-state index contributed by atoms with van der Waals surface area (Å²) in [7, 11) is 1.85. The highest BCUT2D eigenvalue weighted by molar-refractivity contribution is 6.35. The number of halogens is 2. The van der Waals surface area contributed by atoms with Crippen LogP contribution in [0.2, 0.25) is 10.0 Å². The predicted molar refractivity (Wildman–Crippen MR) is 89.6 cm³/mol. The smallest absolute Gasteiger partial charge is 0.132 e. The van der Waals surface area contributed by atoms with E-state index in [4.69, 9.17) is 23.2 Å². The number of hydrogen-bond acceptors (Lipinski definition) is 4. The number of nitrogens with one attached hydrogen (secondary N) is 2. The van der Waals surface area contributed by atoms with Crippen molar-refractivity contribution in [3.63, 3.8) is 0 Å². The molecule has 1 aromatic heterocycles. The molecule has 0 radical (unpaired) electrons. The van der Waals surface area contributed by atoms with Crippen LogP contribution in [0.4, 0.5) is 11.6 Å². The molecule has 0 atom stereocenters. The van der Waals surface area contributed by atoms with Crippen molar-refractivity contribution in [2.45, 2.75) is 19.8 Å². The highest BCUT2D eigenvalue weighted by Gasteiger charge is 2.04. The van der Waals surface area contributed by atoms with Gasteiger partial charge in [-0.1, -0.05) is 36.2 Å². The van der Waals surface area contributed by atoms with Crippen LogP contribution in [0, 0.1) is 0 Å². The minimum atomic E-state index is 0.652. The number of aromatic nitrogens is 2. The lowest BCUT2D eigenvalue weighted by molar-refractivity contribution is 0.927. The fourth-order valence-electron chi connectivity index (χ4n) is 1.92. The Kier molecular flexibility index (Phi) is 5.65. The molecule has 112 valence electrons. The van der Waals surface area contributed by atoms with Crippen LogP contribution in [0.15, 0.2) is 24.3 Å². The van der Waals surface area contributed by atoms with Gasteiger partial charge < -0.3 is 10.6 Å². The van der Waals surface area contributed by atoms with Gasteiger partial charge in [0, 0.05) is 36.1 Å². The van der Waals surface area contributed by atoms with Crippen molar-refractivity contribution in [3.8, 4) is 0 Å². The molecule has 4 nitrogen and oxygen atoms in total. The van der Waals surface area contributed by atoms with Gasteiger partial charge in [-0.2, -0.15) is 0 Å². The lowest BCUT2D eigenvalue weighted by atomic mass is 10.1. The molecule has 0 bridgehead atoms. The van der Waals surface area contributed by atoms with Gasteiger partial charge in [-0.05, 0) is 24.1 Å². The Morgan fingerprint density at radius 1 is 1.10 bits per heavy atom. The van der Waals surface area contributed by atoms with E-state index in [1.54, 1.807) is 6.07 Å². The molecule has 0 fully saturated rings. The van der Waals surface area contributed by atoms with Crippen LogP contribution in [-0.4, -0.2) is 23.6 Å². The van der Waals surface area contributed by atoms with E-state index in [0.29, 0.717) is 10.0 Å². The molecule has 2 aromatic rings. The van der Waals surface area contributed by atoms with Crippen molar-refractivity contribution < 1.29 is 0 Å². The van der Waals surface area contributed by atoms with Crippen LogP contribution >= 0.6 is 23.2 Å². The zero-order valence-corrected chi connectivity index (χ0v) is 13.6. The van der Waals surface area contributed by atoms with Gasteiger partial charge in [0.05, 0.1) is 0 Å². The van der Waals surface area contributed by atoms with Crippen LogP contribution < -0.4 is 10.6 Å². The molecule has 2 N–H and O–H groups in total. The van der Waals surface area contributed by atoms with Gasteiger partial charge in [0.1, 0.15) is 17.5 Å². The summed E-state index contributed by atoms with van der Waals surface area (Å²) in [4.78, 5) is 8.81. The van der Waals surface area contributed by atoms with Gasteiger partial charge in [-0.3, -0.25) is 0 Å². The Hall–Kier alpha value is -1.52. The van der Waals surface area contributed by atoms with E-state index in [1.165, 1.54) is 0 Å². The van der Waals surface area contributed by atoms with Crippen molar-refractivity contribution in [3.05, 3.63) is 45.7 Å². The molecule has 0 saturated heterocycles. The molecular weight excluding hydrogens is 307 g/mol. The van der Waals surface area contributed by atoms with Crippen LogP contribution in [0.1, 0.15) is 18.3 Å². The number of anilines is 2. The Bertz CT molecular complexity index is 594.